The van der Waals surface area contributed by atoms with Crippen LogP contribution in [-0.4, -0.2) is 12.1 Å². The summed E-state index contributed by atoms with van der Waals surface area (Å²) in [5.74, 6) is 2.29. The Balaban J connectivity index is 2.24. The average Bonchev–Trinajstić information content (AvgIpc) is 2.40. The van der Waals surface area contributed by atoms with Crippen LogP contribution in [0.5, 0.6) is 17.2 Å². The van der Waals surface area contributed by atoms with E-state index >= 15 is 0 Å². The van der Waals surface area contributed by atoms with Gasteiger partial charge in [0.05, 0.1) is 7.11 Å². The van der Waals surface area contributed by atoms with Gasteiger partial charge in [0.25, 0.3) is 0 Å². The summed E-state index contributed by atoms with van der Waals surface area (Å²) in [4.78, 5) is 4.20. The van der Waals surface area contributed by atoms with Crippen molar-refractivity contribution in [2.75, 3.05) is 7.11 Å². The molecule has 1 aromatic carbocycles. The first kappa shape index (κ1) is 12.4. The minimum Gasteiger partial charge on any atom is -0.497 e. The largest absolute Gasteiger partial charge is 0.497 e. The van der Waals surface area contributed by atoms with Gasteiger partial charge < -0.3 is 15.2 Å². The van der Waals surface area contributed by atoms with E-state index in [9.17, 15) is 0 Å². The number of aromatic nitrogens is 1. The van der Waals surface area contributed by atoms with Crippen molar-refractivity contribution in [3.63, 3.8) is 0 Å². The third-order valence-electron chi connectivity index (χ3n) is 2.59. The molecule has 0 saturated carbocycles. The SMILES string of the molecule is COc1ccc(Oc2cc(C)ncc2CN)cc1. The number of nitrogens with two attached hydrogens (primary N) is 1. The minimum absolute atomic E-state index is 0.402. The van der Waals surface area contributed by atoms with Gasteiger partial charge in [0.15, 0.2) is 0 Å². The quantitative estimate of drug-likeness (QED) is 0.898. The number of nitrogens with zero attached hydrogens (tertiary/aromatic N) is 1. The Hall–Kier alpha value is -2.07. The normalized spacial score (nSPS) is 10.2. The Bertz CT molecular complexity index is 524. The molecule has 0 radical (unpaired) electrons. The van der Waals surface area contributed by atoms with Crippen molar-refractivity contribution in [2.24, 2.45) is 5.73 Å². The number of benzene rings is 1. The van der Waals surface area contributed by atoms with E-state index in [1.165, 1.54) is 0 Å². The van der Waals surface area contributed by atoms with Crippen LogP contribution < -0.4 is 15.2 Å². The predicted molar refractivity (Wildman–Crippen MR) is 69.9 cm³/mol. The molecular formula is C14H16N2O2. The van der Waals surface area contributed by atoms with Crippen LogP contribution in [0.25, 0.3) is 0 Å². The van der Waals surface area contributed by atoms with Gasteiger partial charge in [0.2, 0.25) is 0 Å². The van der Waals surface area contributed by atoms with Crippen LogP contribution in [-0.2, 0) is 6.54 Å². The highest BCUT2D eigenvalue weighted by Gasteiger charge is 2.05. The van der Waals surface area contributed by atoms with Gasteiger partial charge in [0.1, 0.15) is 17.2 Å². The monoisotopic (exact) mass is 244 g/mol. The minimum atomic E-state index is 0.402. The lowest BCUT2D eigenvalue weighted by molar-refractivity contribution is 0.412. The second-order valence-electron chi connectivity index (χ2n) is 3.92. The van der Waals surface area contributed by atoms with E-state index in [-0.39, 0.29) is 0 Å². The van der Waals surface area contributed by atoms with Crippen molar-refractivity contribution in [3.05, 3.63) is 47.8 Å². The third kappa shape index (κ3) is 2.78. The maximum atomic E-state index is 5.81. The maximum absolute atomic E-state index is 5.81. The molecule has 0 unspecified atom stereocenters. The molecule has 18 heavy (non-hydrogen) atoms. The molecule has 2 rings (SSSR count). The molecule has 1 aromatic heterocycles. The molecule has 0 amide bonds. The number of ether oxygens (including phenoxy) is 2. The summed E-state index contributed by atoms with van der Waals surface area (Å²) in [5, 5.41) is 0. The van der Waals surface area contributed by atoms with Gasteiger partial charge >= 0.3 is 0 Å². The first-order chi connectivity index (χ1) is 8.72. The van der Waals surface area contributed by atoms with Crippen LogP contribution in [0, 0.1) is 6.92 Å². The molecule has 4 heteroatoms. The second-order valence-corrected chi connectivity index (χ2v) is 3.92. The average molecular weight is 244 g/mol. The molecule has 0 atom stereocenters. The Kier molecular flexibility index (Phi) is 3.79. The molecule has 2 aromatic rings. The van der Waals surface area contributed by atoms with Gasteiger partial charge in [-0.15, -0.1) is 0 Å². The lowest BCUT2D eigenvalue weighted by atomic mass is 10.2. The van der Waals surface area contributed by atoms with E-state index in [4.69, 9.17) is 15.2 Å². The van der Waals surface area contributed by atoms with Crippen molar-refractivity contribution in [3.8, 4) is 17.2 Å². The third-order valence-corrected chi connectivity index (χ3v) is 2.59. The van der Waals surface area contributed by atoms with E-state index in [2.05, 4.69) is 4.98 Å². The molecule has 0 spiro atoms. The number of rotatable bonds is 4. The fraction of sp³-hybridized carbons (Fsp3) is 0.214. The highest BCUT2D eigenvalue weighted by atomic mass is 16.5. The van der Waals surface area contributed by atoms with Crippen LogP contribution >= 0.6 is 0 Å². The molecule has 94 valence electrons. The topological polar surface area (TPSA) is 57.4 Å². The summed E-state index contributed by atoms with van der Waals surface area (Å²) in [6.45, 7) is 2.32. The maximum Gasteiger partial charge on any atom is 0.135 e. The van der Waals surface area contributed by atoms with E-state index in [0.717, 1.165) is 28.5 Å². The molecule has 2 N–H and O–H groups in total. The van der Waals surface area contributed by atoms with Gasteiger partial charge in [-0.3, -0.25) is 4.98 Å². The molecule has 0 bridgehead atoms. The van der Waals surface area contributed by atoms with Crippen molar-refractivity contribution in [1.29, 1.82) is 0 Å². The fourth-order valence-electron chi connectivity index (χ4n) is 1.58. The van der Waals surface area contributed by atoms with Crippen LogP contribution in [0.15, 0.2) is 36.5 Å². The molecule has 0 saturated heterocycles. The molecule has 4 nitrogen and oxygen atoms in total. The lowest BCUT2D eigenvalue weighted by Gasteiger charge is -2.10. The highest BCUT2D eigenvalue weighted by molar-refractivity contribution is 5.39. The molecule has 0 aliphatic rings. The Morgan fingerprint density at radius 1 is 1.17 bits per heavy atom. The van der Waals surface area contributed by atoms with Gasteiger partial charge in [-0.25, -0.2) is 0 Å². The zero-order chi connectivity index (χ0) is 13.0. The predicted octanol–water partition coefficient (Wildman–Crippen LogP) is 2.65. The number of hydrogen-bond donors (Lipinski definition) is 1. The Morgan fingerprint density at radius 2 is 1.83 bits per heavy atom. The first-order valence-electron chi connectivity index (χ1n) is 5.70. The second kappa shape index (κ2) is 5.51. The van der Waals surface area contributed by atoms with Gasteiger partial charge in [-0.05, 0) is 31.2 Å². The fourth-order valence-corrected chi connectivity index (χ4v) is 1.58. The van der Waals surface area contributed by atoms with Crippen LogP contribution in [0.4, 0.5) is 0 Å². The van der Waals surface area contributed by atoms with Crippen LogP contribution in [0.2, 0.25) is 0 Å². The van der Waals surface area contributed by atoms with Crippen molar-refractivity contribution < 1.29 is 9.47 Å². The summed E-state index contributed by atoms with van der Waals surface area (Å²) in [7, 11) is 1.63. The molecule has 0 aliphatic carbocycles. The summed E-state index contributed by atoms with van der Waals surface area (Å²) in [6.07, 6.45) is 1.74. The van der Waals surface area contributed by atoms with E-state index in [1.807, 2.05) is 37.3 Å². The zero-order valence-corrected chi connectivity index (χ0v) is 10.5. The molecule has 0 aliphatic heterocycles. The highest BCUT2D eigenvalue weighted by Crippen LogP contribution is 2.26. The van der Waals surface area contributed by atoms with E-state index in [0.29, 0.717) is 6.54 Å². The first-order valence-corrected chi connectivity index (χ1v) is 5.70. The summed E-state index contributed by atoms with van der Waals surface area (Å²) >= 11 is 0. The number of hydrogen-bond acceptors (Lipinski definition) is 4. The lowest BCUT2D eigenvalue weighted by Crippen LogP contribution is -2.01. The van der Waals surface area contributed by atoms with Gasteiger partial charge in [-0.2, -0.15) is 0 Å². The summed E-state index contributed by atoms with van der Waals surface area (Å²) in [5.41, 5.74) is 7.44. The van der Waals surface area contributed by atoms with Crippen LogP contribution in [0.1, 0.15) is 11.3 Å². The van der Waals surface area contributed by atoms with Crippen molar-refractivity contribution in [2.45, 2.75) is 13.5 Å². The smallest absolute Gasteiger partial charge is 0.135 e. The van der Waals surface area contributed by atoms with E-state index in [1.54, 1.807) is 13.3 Å². The molecule has 0 fully saturated rings. The number of pyridine rings is 1. The van der Waals surface area contributed by atoms with Crippen LogP contribution in [0.3, 0.4) is 0 Å². The van der Waals surface area contributed by atoms with E-state index < -0.39 is 0 Å². The van der Waals surface area contributed by atoms with Crippen molar-refractivity contribution in [1.82, 2.24) is 4.98 Å². The Morgan fingerprint density at radius 3 is 2.44 bits per heavy atom. The molecular weight excluding hydrogens is 228 g/mol. The summed E-state index contributed by atoms with van der Waals surface area (Å²) < 4.78 is 10.9. The van der Waals surface area contributed by atoms with Gasteiger partial charge in [0, 0.05) is 30.1 Å². The number of aryl methyl sites for hydroxylation is 1. The van der Waals surface area contributed by atoms with Crippen molar-refractivity contribution >= 4 is 0 Å². The molecule has 1 heterocycles. The van der Waals surface area contributed by atoms with Gasteiger partial charge in [-0.1, -0.05) is 0 Å². The zero-order valence-electron chi connectivity index (χ0n) is 10.5. The number of methoxy groups -OCH3 is 1. The standard InChI is InChI=1S/C14H16N2O2/c1-10-7-14(11(8-15)9-16-10)18-13-5-3-12(17-2)4-6-13/h3-7,9H,8,15H2,1-2H3. The summed E-state index contributed by atoms with van der Waals surface area (Å²) in [6, 6.07) is 9.30. The Labute approximate surface area is 106 Å².